The summed E-state index contributed by atoms with van der Waals surface area (Å²) in [6, 6.07) is 5.31. The summed E-state index contributed by atoms with van der Waals surface area (Å²) in [6.45, 7) is 0. The largest absolute Gasteiger partial charge is 0.506 e. The number of nitrogens with two attached hydrogens (primary N) is 1. The Bertz CT molecular complexity index is 1240. The van der Waals surface area contributed by atoms with Crippen molar-refractivity contribution in [1.82, 2.24) is 4.98 Å². The van der Waals surface area contributed by atoms with Crippen molar-refractivity contribution in [2.75, 3.05) is 18.2 Å². The van der Waals surface area contributed by atoms with Crippen LogP contribution < -0.4 is 16.6 Å². The molecule has 0 radical (unpaired) electrons. The van der Waals surface area contributed by atoms with Gasteiger partial charge in [-0.2, -0.15) is 0 Å². The van der Waals surface area contributed by atoms with E-state index in [1.165, 1.54) is 25.3 Å². The minimum Gasteiger partial charge on any atom is -0.506 e. The van der Waals surface area contributed by atoms with E-state index >= 15 is 0 Å². The SMILES string of the molecule is COC(=O)c1ccc(Cl)cc1NC(=O)CSc1sc2c(O)cc(=O)[nH]c2c1C(N)=O. The van der Waals surface area contributed by atoms with Gasteiger partial charge in [-0.1, -0.05) is 11.6 Å². The van der Waals surface area contributed by atoms with Crippen LogP contribution in [0.3, 0.4) is 0 Å². The Morgan fingerprint density at radius 3 is 2.73 bits per heavy atom. The Balaban J connectivity index is 1.85. The van der Waals surface area contributed by atoms with Gasteiger partial charge in [0.25, 0.3) is 11.5 Å². The predicted octanol–water partition coefficient (Wildman–Crippen LogP) is 2.56. The fourth-order valence-electron chi connectivity index (χ4n) is 2.61. The highest BCUT2D eigenvalue weighted by molar-refractivity contribution is 8.02. The Labute approximate surface area is 182 Å². The van der Waals surface area contributed by atoms with Gasteiger partial charge in [-0.3, -0.25) is 14.4 Å². The number of nitrogens with one attached hydrogen (secondary N) is 2. The van der Waals surface area contributed by atoms with Crippen LogP contribution in [0.5, 0.6) is 5.75 Å². The number of rotatable bonds is 6. The number of esters is 1. The third-order valence-corrected chi connectivity index (χ3v) is 6.58. The number of primary amides is 1. The molecule has 12 heteroatoms. The number of fused-ring (bicyclic) bond motifs is 1. The van der Waals surface area contributed by atoms with Gasteiger partial charge in [0.15, 0.2) is 0 Å². The molecule has 0 saturated heterocycles. The van der Waals surface area contributed by atoms with Crippen molar-refractivity contribution in [3.63, 3.8) is 0 Å². The first-order chi connectivity index (χ1) is 14.2. The van der Waals surface area contributed by atoms with E-state index in [2.05, 4.69) is 15.0 Å². The van der Waals surface area contributed by atoms with E-state index < -0.39 is 23.3 Å². The number of hydrogen-bond donors (Lipinski definition) is 4. The van der Waals surface area contributed by atoms with Crippen molar-refractivity contribution in [1.29, 1.82) is 0 Å². The number of H-pyrrole nitrogens is 1. The molecule has 0 bridgehead atoms. The van der Waals surface area contributed by atoms with Gasteiger partial charge >= 0.3 is 5.97 Å². The zero-order chi connectivity index (χ0) is 22.0. The van der Waals surface area contributed by atoms with Gasteiger partial charge in [0.2, 0.25) is 5.91 Å². The van der Waals surface area contributed by atoms with Gasteiger partial charge in [0.1, 0.15) is 5.75 Å². The summed E-state index contributed by atoms with van der Waals surface area (Å²) < 4.78 is 5.31. The third-order valence-electron chi connectivity index (χ3n) is 3.87. The molecule has 0 atom stereocenters. The lowest BCUT2D eigenvalue weighted by molar-refractivity contribution is -0.113. The number of halogens is 1. The lowest BCUT2D eigenvalue weighted by Gasteiger charge is -2.10. The standard InChI is InChI=1S/C18H14ClN3O6S2/c1-28-17(27)8-3-2-7(19)4-9(8)21-12(25)6-29-18-13(16(20)26)14-15(30-18)10(23)5-11(24)22-14/h2-5H,6H2,1H3,(H2,20,26)(H,21,25)(H2,22,23,24). The molecule has 2 heterocycles. The third kappa shape index (κ3) is 4.42. The summed E-state index contributed by atoms with van der Waals surface area (Å²) in [5.41, 5.74) is 5.26. The van der Waals surface area contributed by atoms with Crippen molar-refractivity contribution in [2.45, 2.75) is 4.21 Å². The molecule has 9 nitrogen and oxygen atoms in total. The van der Waals surface area contributed by atoms with E-state index in [-0.39, 0.29) is 38.5 Å². The van der Waals surface area contributed by atoms with Crippen LogP contribution in [0.2, 0.25) is 5.02 Å². The van der Waals surface area contributed by atoms with E-state index in [4.69, 9.17) is 17.3 Å². The van der Waals surface area contributed by atoms with Crippen LogP contribution in [0.4, 0.5) is 5.69 Å². The van der Waals surface area contributed by atoms with Crippen LogP contribution in [0.15, 0.2) is 33.3 Å². The number of methoxy groups -OCH3 is 1. The second-order valence-corrected chi connectivity index (χ2v) is 8.57. The van der Waals surface area contributed by atoms with Gasteiger partial charge < -0.3 is 25.9 Å². The number of benzene rings is 1. The van der Waals surface area contributed by atoms with Crippen LogP contribution in [0, 0.1) is 0 Å². The average Bonchev–Trinajstić information content (AvgIpc) is 3.05. The number of aromatic hydroxyl groups is 1. The smallest absolute Gasteiger partial charge is 0.339 e. The molecule has 2 aromatic heterocycles. The van der Waals surface area contributed by atoms with Crippen molar-refractivity contribution in [3.8, 4) is 5.75 Å². The molecule has 5 N–H and O–H groups in total. The maximum atomic E-state index is 12.4. The Morgan fingerprint density at radius 1 is 1.33 bits per heavy atom. The number of ether oxygens (including phenoxy) is 1. The zero-order valence-electron chi connectivity index (χ0n) is 15.3. The van der Waals surface area contributed by atoms with Gasteiger partial charge in [0, 0.05) is 11.1 Å². The molecule has 3 aromatic rings. The molecule has 1 aromatic carbocycles. The molecule has 0 fully saturated rings. The van der Waals surface area contributed by atoms with E-state index in [0.717, 1.165) is 29.2 Å². The normalized spacial score (nSPS) is 10.7. The molecule has 2 amide bonds. The highest BCUT2D eigenvalue weighted by atomic mass is 35.5. The Morgan fingerprint density at radius 2 is 2.07 bits per heavy atom. The molecule has 0 aliphatic carbocycles. The van der Waals surface area contributed by atoms with E-state index in [9.17, 15) is 24.3 Å². The first kappa shape index (κ1) is 21.7. The predicted molar refractivity (Wildman–Crippen MR) is 115 cm³/mol. The fraction of sp³-hybridized carbons (Fsp3) is 0.111. The van der Waals surface area contributed by atoms with Crippen molar-refractivity contribution < 1.29 is 24.2 Å². The molecule has 156 valence electrons. The number of carbonyl (C=O) groups is 3. The number of aromatic amines is 1. The number of aromatic nitrogens is 1. The van der Waals surface area contributed by atoms with E-state index in [1.807, 2.05) is 0 Å². The number of hydrogen-bond acceptors (Lipinski definition) is 8. The first-order valence-electron chi connectivity index (χ1n) is 8.20. The minimum absolute atomic E-state index is 0.0128. The maximum Gasteiger partial charge on any atom is 0.339 e. The second-order valence-electron chi connectivity index (χ2n) is 5.87. The summed E-state index contributed by atoms with van der Waals surface area (Å²) in [5, 5.41) is 12.9. The summed E-state index contributed by atoms with van der Waals surface area (Å²) in [5.74, 6) is -2.38. The summed E-state index contributed by atoms with van der Waals surface area (Å²) in [4.78, 5) is 50.3. The number of carbonyl (C=O) groups excluding carboxylic acids is 3. The zero-order valence-corrected chi connectivity index (χ0v) is 17.7. The summed E-state index contributed by atoms with van der Waals surface area (Å²) in [7, 11) is 1.21. The highest BCUT2D eigenvalue weighted by Gasteiger charge is 2.22. The monoisotopic (exact) mass is 467 g/mol. The number of pyridine rings is 1. The van der Waals surface area contributed by atoms with Crippen molar-refractivity contribution >= 4 is 68.4 Å². The highest BCUT2D eigenvalue weighted by Crippen LogP contribution is 2.40. The fourth-order valence-corrected chi connectivity index (χ4v) is 5.03. The maximum absolute atomic E-state index is 12.4. The molecule has 0 aliphatic heterocycles. The molecule has 0 aliphatic rings. The van der Waals surface area contributed by atoms with Crippen LogP contribution in [0.1, 0.15) is 20.7 Å². The topological polar surface area (TPSA) is 152 Å². The van der Waals surface area contributed by atoms with Crippen LogP contribution >= 0.6 is 34.7 Å². The average molecular weight is 468 g/mol. The van der Waals surface area contributed by atoms with Crippen molar-refractivity contribution in [3.05, 3.63) is 50.8 Å². The molecule has 30 heavy (non-hydrogen) atoms. The number of thiophene rings is 1. The first-order valence-corrected chi connectivity index (χ1v) is 10.4. The molecule has 0 spiro atoms. The molecule has 3 rings (SSSR count). The van der Waals surface area contributed by atoms with Gasteiger partial charge in [-0.25, -0.2) is 4.79 Å². The van der Waals surface area contributed by atoms with Crippen LogP contribution in [-0.4, -0.2) is 40.7 Å². The summed E-state index contributed by atoms with van der Waals surface area (Å²) >= 11 is 7.95. The number of thioether (sulfide) groups is 1. The van der Waals surface area contributed by atoms with Gasteiger partial charge in [-0.15, -0.1) is 23.1 Å². The van der Waals surface area contributed by atoms with Crippen LogP contribution in [-0.2, 0) is 9.53 Å². The quantitative estimate of drug-likeness (QED) is 0.321. The number of amides is 2. The second kappa shape index (κ2) is 8.78. The Kier molecular flexibility index (Phi) is 6.34. The Hall–Kier alpha value is -3.02. The molecular formula is C18H14ClN3O6S2. The van der Waals surface area contributed by atoms with Gasteiger partial charge in [0.05, 0.1) is 44.1 Å². The van der Waals surface area contributed by atoms with E-state index in [0.29, 0.717) is 9.23 Å². The van der Waals surface area contributed by atoms with Crippen molar-refractivity contribution in [2.24, 2.45) is 5.73 Å². The minimum atomic E-state index is -0.812. The lowest BCUT2D eigenvalue weighted by Crippen LogP contribution is -2.17. The van der Waals surface area contributed by atoms with Gasteiger partial charge in [-0.05, 0) is 18.2 Å². The summed E-state index contributed by atoms with van der Waals surface area (Å²) in [6.07, 6.45) is 0. The number of anilines is 1. The van der Waals surface area contributed by atoms with E-state index in [1.54, 1.807) is 0 Å². The molecule has 0 saturated carbocycles. The lowest BCUT2D eigenvalue weighted by atomic mass is 10.2. The molecule has 0 unspecified atom stereocenters. The molecular weight excluding hydrogens is 454 g/mol. The van der Waals surface area contributed by atoms with Crippen LogP contribution in [0.25, 0.3) is 10.2 Å².